The molecule has 1 unspecified atom stereocenters. The molecule has 1 aliphatic carbocycles. The number of piperazine rings is 2. The van der Waals surface area contributed by atoms with Gasteiger partial charge in [-0.05, 0) is 32.2 Å². The lowest BCUT2D eigenvalue weighted by Gasteiger charge is -2.40. The van der Waals surface area contributed by atoms with E-state index < -0.39 is 0 Å². The molecule has 3 heterocycles. The highest BCUT2D eigenvalue weighted by Gasteiger charge is 2.33. The van der Waals surface area contributed by atoms with Gasteiger partial charge in [-0.1, -0.05) is 19.3 Å². The van der Waals surface area contributed by atoms with Crippen LogP contribution in [0.2, 0.25) is 0 Å². The van der Waals surface area contributed by atoms with Crippen molar-refractivity contribution in [2.45, 2.75) is 63.5 Å². The van der Waals surface area contributed by atoms with Crippen molar-refractivity contribution in [2.24, 2.45) is 0 Å². The van der Waals surface area contributed by atoms with Crippen molar-refractivity contribution in [1.82, 2.24) is 24.5 Å². The van der Waals surface area contributed by atoms with Crippen LogP contribution in [-0.4, -0.2) is 141 Å². The number of amides is 1. The molecule has 0 radical (unpaired) electrons. The summed E-state index contributed by atoms with van der Waals surface area (Å²) >= 11 is 0. The van der Waals surface area contributed by atoms with E-state index in [9.17, 15) is 9.59 Å². The van der Waals surface area contributed by atoms with E-state index in [0.717, 1.165) is 71.2 Å². The van der Waals surface area contributed by atoms with Gasteiger partial charge in [-0.25, -0.2) is 4.79 Å². The molecule has 3 saturated heterocycles. The molecule has 0 N–H and O–H groups in total. The number of unbranched alkanes of at least 4 members (excludes halogenated alkanes) is 1. The second-order valence-electron chi connectivity index (χ2n) is 10.8. The molecule has 4 fully saturated rings. The Kier molecular flexibility index (Phi) is 10.5. The van der Waals surface area contributed by atoms with E-state index in [1.807, 2.05) is 4.90 Å². The Morgan fingerprint density at radius 1 is 0.857 bits per heavy atom. The summed E-state index contributed by atoms with van der Waals surface area (Å²) in [5.74, 6) is -0.150. The third kappa shape index (κ3) is 8.30. The summed E-state index contributed by atoms with van der Waals surface area (Å²) in [4.78, 5) is 35.6. The smallest absolute Gasteiger partial charge is 0.410 e. The summed E-state index contributed by atoms with van der Waals surface area (Å²) in [5, 5.41) is 0. The van der Waals surface area contributed by atoms with Gasteiger partial charge in [0, 0.05) is 78.0 Å². The first-order valence-corrected chi connectivity index (χ1v) is 14.0. The Balaban J connectivity index is 1.04. The predicted octanol–water partition coefficient (Wildman–Crippen LogP) is 1.72. The second-order valence-corrected chi connectivity index (χ2v) is 10.8. The topological polar surface area (TPSA) is 68.8 Å². The van der Waals surface area contributed by atoms with Crippen molar-refractivity contribution in [3.05, 3.63) is 0 Å². The number of ether oxygens (including phenoxy) is 2. The molecule has 4 rings (SSSR count). The number of rotatable bonds is 11. The number of cyclic esters (lactones) is 1. The average molecular weight is 494 g/mol. The summed E-state index contributed by atoms with van der Waals surface area (Å²) in [5.41, 5.74) is 0. The molecule has 1 atom stereocenters. The quantitative estimate of drug-likeness (QED) is 0.318. The first kappa shape index (κ1) is 26.6. The van der Waals surface area contributed by atoms with Gasteiger partial charge in [-0.15, -0.1) is 0 Å². The largest absolute Gasteiger partial charge is 0.469 e. The maximum absolute atomic E-state index is 12.4. The molecule has 4 aliphatic rings. The summed E-state index contributed by atoms with van der Waals surface area (Å²) in [6.45, 7) is 12.8. The zero-order valence-electron chi connectivity index (χ0n) is 21.9. The van der Waals surface area contributed by atoms with Crippen LogP contribution in [0, 0.1) is 0 Å². The Morgan fingerprint density at radius 2 is 1.49 bits per heavy atom. The Labute approximate surface area is 211 Å². The monoisotopic (exact) mass is 493 g/mol. The maximum atomic E-state index is 12.4. The van der Waals surface area contributed by atoms with E-state index in [0.29, 0.717) is 13.0 Å². The number of esters is 1. The third-order valence-electron chi connectivity index (χ3n) is 8.39. The molecular formula is C26H47N5O4. The fourth-order valence-electron chi connectivity index (χ4n) is 6.12. The fourth-order valence-corrected chi connectivity index (χ4v) is 6.12. The van der Waals surface area contributed by atoms with E-state index in [-0.39, 0.29) is 18.2 Å². The third-order valence-corrected chi connectivity index (χ3v) is 8.39. The molecule has 0 aromatic carbocycles. The minimum atomic E-state index is -0.150. The lowest BCUT2D eigenvalue weighted by molar-refractivity contribution is -0.141. The molecule has 9 nitrogen and oxygen atoms in total. The van der Waals surface area contributed by atoms with Gasteiger partial charge in [0.05, 0.1) is 20.1 Å². The molecule has 1 saturated carbocycles. The van der Waals surface area contributed by atoms with E-state index in [2.05, 4.69) is 19.6 Å². The highest BCUT2D eigenvalue weighted by atomic mass is 16.6. The van der Waals surface area contributed by atoms with Crippen LogP contribution >= 0.6 is 0 Å². The van der Waals surface area contributed by atoms with Crippen LogP contribution in [0.5, 0.6) is 0 Å². The average Bonchev–Trinajstić information content (AvgIpc) is 3.25. The summed E-state index contributed by atoms with van der Waals surface area (Å²) in [6.07, 6.45) is 9.53. The van der Waals surface area contributed by atoms with Gasteiger partial charge in [0.1, 0.15) is 6.10 Å². The van der Waals surface area contributed by atoms with Gasteiger partial charge in [-0.2, -0.15) is 0 Å². The number of carbonyl (C=O) groups is 2. The van der Waals surface area contributed by atoms with Gasteiger partial charge in [0.25, 0.3) is 0 Å². The number of methoxy groups -OCH3 is 1. The number of hydrogen-bond acceptors (Lipinski definition) is 8. The molecule has 9 heteroatoms. The number of nitrogens with zero attached hydrogens (tertiary/aromatic N) is 5. The molecule has 3 aliphatic heterocycles. The van der Waals surface area contributed by atoms with Gasteiger partial charge < -0.3 is 24.2 Å². The minimum Gasteiger partial charge on any atom is -0.469 e. The van der Waals surface area contributed by atoms with Crippen LogP contribution in [0.1, 0.15) is 51.4 Å². The lowest BCUT2D eigenvalue weighted by atomic mass is 9.94. The second kappa shape index (κ2) is 13.8. The van der Waals surface area contributed by atoms with Gasteiger partial charge >= 0.3 is 12.1 Å². The molecule has 35 heavy (non-hydrogen) atoms. The summed E-state index contributed by atoms with van der Waals surface area (Å²) < 4.78 is 10.4. The van der Waals surface area contributed by atoms with Crippen molar-refractivity contribution < 1.29 is 19.1 Å². The molecular weight excluding hydrogens is 446 g/mol. The first-order chi connectivity index (χ1) is 17.1. The lowest BCUT2D eigenvalue weighted by Crippen LogP contribution is -2.50. The van der Waals surface area contributed by atoms with Crippen molar-refractivity contribution in [3.8, 4) is 0 Å². The SMILES string of the molecule is COC(=O)CCN1CCN(CC2CN(CCCCN3CCN(C4CCCCC4)CC3)C(=O)O2)CC1. The zero-order valence-corrected chi connectivity index (χ0v) is 21.9. The van der Waals surface area contributed by atoms with Gasteiger partial charge in [0.15, 0.2) is 0 Å². The Bertz CT molecular complexity index is 658. The summed E-state index contributed by atoms with van der Waals surface area (Å²) in [7, 11) is 1.44. The van der Waals surface area contributed by atoms with Gasteiger partial charge in [-0.3, -0.25) is 14.6 Å². The van der Waals surface area contributed by atoms with Crippen LogP contribution in [-0.2, 0) is 14.3 Å². The van der Waals surface area contributed by atoms with Crippen LogP contribution < -0.4 is 0 Å². The Hall–Kier alpha value is -1.42. The first-order valence-electron chi connectivity index (χ1n) is 14.0. The number of hydrogen-bond donors (Lipinski definition) is 0. The van der Waals surface area contributed by atoms with E-state index in [1.54, 1.807) is 0 Å². The standard InChI is InChI=1S/C26H47N5O4/c1-34-25(32)9-12-28-13-15-29(16-14-28)21-24-22-31(26(33)35-24)11-6-5-10-27-17-19-30(20-18-27)23-7-3-2-4-8-23/h23-24H,2-22H2,1H3. The molecule has 0 aromatic rings. The van der Waals surface area contributed by atoms with Crippen LogP contribution in [0.25, 0.3) is 0 Å². The molecule has 0 bridgehead atoms. The zero-order chi connectivity index (χ0) is 24.5. The highest BCUT2D eigenvalue weighted by molar-refractivity contribution is 5.70. The van der Waals surface area contributed by atoms with Crippen LogP contribution in [0.3, 0.4) is 0 Å². The highest BCUT2D eigenvalue weighted by Crippen LogP contribution is 2.23. The molecule has 200 valence electrons. The van der Waals surface area contributed by atoms with Crippen LogP contribution in [0.4, 0.5) is 4.79 Å². The molecule has 1 amide bonds. The fraction of sp³-hybridized carbons (Fsp3) is 0.923. The van der Waals surface area contributed by atoms with Crippen molar-refractivity contribution in [2.75, 3.05) is 92.2 Å². The molecule has 0 aromatic heterocycles. The summed E-state index contributed by atoms with van der Waals surface area (Å²) in [6, 6.07) is 0.843. The minimum absolute atomic E-state index is 0.0306. The van der Waals surface area contributed by atoms with Crippen molar-refractivity contribution in [1.29, 1.82) is 0 Å². The maximum Gasteiger partial charge on any atom is 0.410 e. The van der Waals surface area contributed by atoms with E-state index in [1.165, 1.54) is 65.4 Å². The normalized spacial score (nSPS) is 26.3. The predicted molar refractivity (Wildman–Crippen MR) is 135 cm³/mol. The van der Waals surface area contributed by atoms with Gasteiger partial charge in [0.2, 0.25) is 0 Å². The van der Waals surface area contributed by atoms with Crippen molar-refractivity contribution in [3.63, 3.8) is 0 Å². The van der Waals surface area contributed by atoms with Crippen LogP contribution in [0.15, 0.2) is 0 Å². The Morgan fingerprint density at radius 3 is 2.20 bits per heavy atom. The van der Waals surface area contributed by atoms with E-state index in [4.69, 9.17) is 9.47 Å². The number of carbonyl (C=O) groups excluding carboxylic acids is 2. The van der Waals surface area contributed by atoms with E-state index >= 15 is 0 Å². The molecule has 0 spiro atoms. The van der Waals surface area contributed by atoms with Crippen molar-refractivity contribution >= 4 is 12.1 Å².